The van der Waals surface area contributed by atoms with Crippen LogP contribution in [-0.2, 0) is 6.54 Å². The summed E-state index contributed by atoms with van der Waals surface area (Å²) in [4.78, 5) is 12.0. The SMILES string of the molecule is O=C(NCc1ccc(C#CCO)cc1)c1cccc(Cl)c1. The van der Waals surface area contributed by atoms with Gasteiger partial charge in [-0.3, -0.25) is 4.79 Å². The summed E-state index contributed by atoms with van der Waals surface area (Å²) < 4.78 is 0. The van der Waals surface area contributed by atoms with E-state index < -0.39 is 0 Å². The van der Waals surface area contributed by atoms with Gasteiger partial charge in [-0.2, -0.15) is 0 Å². The highest BCUT2D eigenvalue weighted by Gasteiger charge is 2.05. The highest BCUT2D eigenvalue weighted by molar-refractivity contribution is 6.30. The fourth-order valence-electron chi connectivity index (χ4n) is 1.76. The molecule has 2 rings (SSSR count). The topological polar surface area (TPSA) is 49.3 Å². The number of amides is 1. The largest absolute Gasteiger partial charge is 0.384 e. The first kappa shape index (κ1) is 15.1. The van der Waals surface area contributed by atoms with E-state index >= 15 is 0 Å². The molecular formula is C17H14ClNO2. The molecule has 21 heavy (non-hydrogen) atoms. The number of aliphatic hydroxyl groups excluding tert-OH is 1. The molecule has 4 heteroatoms. The van der Waals surface area contributed by atoms with Crippen LogP contribution in [0, 0.1) is 11.8 Å². The van der Waals surface area contributed by atoms with Crippen molar-refractivity contribution in [3.05, 3.63) is 70.2 Å². The molecule has 2 aromatic carbocycles. The molecule has 0 radical (unpaired) electrons. The first-order chi connectivity index (χ1) is 10.2. The molecule has 0 atom stereocenters. The molecule has 0 heterocycles. The Morgan fingerprint density at radius 2 is 1.95 bits per heavy atom. The van der Waals surface area contributed by atoms with E-state index in [-0.39, 0.29) is 12.5 Å². The maximum atomic E-state index is 12.0. The summed E-state index contributed by atoms with van der Waals surface area (Å²) >= 11 is 5.85. The third-order valence-corrected chi connectivity index (χ3v) is 3.04. The molecular weight excluding hydrogens is 286 g/mol. The van der Waals surface area contributed by atoms with Crippen molar-refractivity contribution in [1.82, 2.24) is 5.32 Å². The lowest BCUT2D eigenvalue weighted by Crippen LogP contribution is -2.22. The Bertz CT molecular complexity index is 684. The van der Waals surface area contributed by atoms with Crippen LogP contribution in [0.1, 0.15) is 21.5 Å². The van der Waals surface area contributed by atoms with Gasteiger partial charge in [-0.1, -0.05) is 41.6 Å². The van der Waals surface area contributed by atoms with Gasteiger partial charge in [0.05, 0.1) is 0 Å². The fourth-order valence-corrected chi connectivity index (χ4v) is 1.95. The van der Waals surface area contributed by atoms with Gasteiger partial charge in [-0.25, -0.2) is 0 Å². The number of hydrogen-bond donors (Lipinski definition) is 2. The predicted octanol–water partition coefficient (Wildman–Crippen LogP) is 2.61. The van der Waals surface area contributed by atoms with E-state index in [9.17, 15) is 4.79 Å². The molecule has 0 fully saturated rings. The lowest BCUT2D eigenvalue weighted by atomic mass is 10.1. The summed E-state index contributed by atoms with van der Waals surface area (Å²) in [5.41, 5.74) is 2.34. The number of carbonyl (C=O) groups is 1. The zero-order valence-corrected chi connectivity index (χ0v) is 12.0. The molecule has 3 nitrogen and oxygen atoms in total. The molecule has 0 bridgehead atoms. The summed E-state index contributed by atoms with van der Waals surface area (Å²) in [5.74, 6) is 5.24. The third-order valence-electron chi connectivity index (χ3n) is 2.81. The lowest BCUT2D eigenvalue weighted by Gasteiger charge is -2.06. The molecule has 1 amide bonds. The molecule has 106 valence electrons. The molecule has 0 aromatic heterocycles. The minimum atomic E-state index is -0.165. The molecule has 2 N–H and O–H groups in total. The van der Waals surface area contributed by atoms with Crippen LogP contribution in [0.2, 0.25) is 5.02 Å². The molecule has 0 spiro atoms. The second kappa shape index (κ2) is 7.49. The normalized spacial score (nSPS) is 9.62. The zero-order valence-electron chi connectivity index (χ0n) is 11.3. The Kier molecular flexibility index (Phi) is 5.39. The number of halogens is 1. The van der Waals surface area contributed by atoms with Crippen LogP contribution >= 0.6 is 11.6 Å². The van der Waals surface area contributed by atoms with Crippen LogP contribution in [0.25, 0.3) is 0 Å². The Morgan fingerprint density at radius 3 is 2.62 bits per heavy atom. The smallest absolute Gasteiger partial charge is 0.251 e. The number of hydrogen-bond acceptors (Lipinski definition) is 2. The van der Waals surface area contributed by atoms with Gasteiger partial charge in [-0.05, 0) is 35.9 Å². The van der Waals surface area contributed by atoms with Gasteiger partial charge in [0.25, 0.3) is 5.91 Å². The number of nitrogens with one attached hydrogen (secondary N) is 1. The Labute approximate surface area is 128 Å². The molecule has 0 aliphatic carbocycles. The second-order valence-electron chi connectivity index (χ2n) is 4.35. The van der Waals surface area contributed by atoms with Crippen molar-refractivity contribution in [1.29, 1.82) is 0 Å². The number of benzene rings is 2. The monoisotopic (exact) mass is 299 g/mol. The van der Waals surface area contributed by atoms with E-state index in [1.165, 1.54) is 0 Å². The first-order valence-electron chi connectivity index (χ1n) is 6.41. The Morgan fingerprint density at radius 1 is 1.19 bits per heavy atom. The van der Waals surface area contributed by atoms with E-state index in [1.54, 1.807) is 24.3 Å². The minimum Gasteiger partial charge on any atom is -0.384 e. The van der Waals surface area contributed by atoms with Crippen LogP contribution < -0.4 is 5.32 Å². The van der Waals surface area contributed by atoms with E-state index in [0.29, 0.717) is 17.1 Å². The molecule has 2 aromatic rings. The molecule has 0 saturated heterocycles. The average Bonchev–Trinajstić information content (AvgIpc) is 2.51. The van der Waals surface area contributed by atoms with Crippen molar-refractivity contribution >= 4 is 17.5 Å². The standard InChI is InChI=1S/C17H14ClNO2/c18-16-5-1-4-15(11-16)17(21)19-12-14-8-6-13(7-9-14)3-2-10-20/h1,4-9,11,20H,10,12H2,(H,19,21). The van der Waals surface area contributed by atoms with Crippen LogP contribution in [0.5, 0.6) is 0 Å². The van der Waals surface area contributed by atoms with E-state index in [2.05, 4.69) is 17.2 Å². The zero-order chi connectivity index (χ0) is 15.1. The van der Waals surface area contributed by atoms with Gasteiger partial charge in [0.1, 0.15) is 6.61 Å². The maximum absolute atomic E-state index is 12.0. The molecule has 0 unspecified atom stereocenters. The van der Waals surface area contributed by atoms with E-state index in [1.807, 2.05) is 24.3 Å². The average molecular weight is 300 g/mol. The van der Waals surface area contributed by atoms with Crippen molar-refractivity contribution < 1.29 is 9.90 Å². The van der Waals surface area contributed by atoms with Crippen molar-refractivity contribution in [2.75, 3.05) is 6.61 Å². The quantitative estimate of drug-likeness (QED) is 0.856. The first-order valence-corrected chi connectivity index (χ1v) is 6.79. The van der Waals surface area contributed by atoms with Crippen LogP contribution in [0.3, 0.4) is 0 Å². The van der Waals surface area contributed by atoms with Crippen molar-refractivity contribution in [3.63, 3.8) is 0 Å². The summed E-state index contributed by atoms with van der Waals surface area (Å²) in [6.07, 6.45) is 0. The third kappa shape index (κ3) is 4.64. The molecule has 0 aliphatic heterocycles. The Hall–Kier alpha value is -2.28. The highest BCUT2D eigenvalue weighted by atomic mass is 35.5. The summed E-state index contributed by atoms with van der Waals surface area (Å²) in [6.45, 7) is 0.274. The van der Waals surface area contributed by atoms with Crippen molar-refractivity contribution in [3.8, 4) is 11.8 Å². The number of carbonyl (C=O) groups excluding carboxylic acids is 1. The minimum absolute atomic E-state index is 0.155. The van der Waals surface area contributed by atoms with E-state index in [0.717, 1.165) is 11.1 Å². The van der Waals surface area contributed by atoms with E-state index in [4.69, 9.17) is 16.7 Å². The maximum Gasteiger partial charge on any atom is 0.251 e. The lowest BCUT2D eigenvalue weighted by molar-refractivity contribution is 0.0951. The van der Waals surface area contributed by atoms with Gasteiger partial charge in [-0.15, -0.1) is 0 Å². The number of rotatable bonds is 3. The summed E-state index contributed by atoms with van der Waals surface area (Å²) in [6, 6.07) is 14.3. The molecule has 0 aliphatic rings. The van der Waals surface area contributed by atoms with Gasteiger partial charge < -0.3 is 10.4 Å². The molecule has 0 saturated carbocycles. The van der Waals surface area contributed by atoms with Gasteiger partial charge in [0.15, 0.2) is 0 Å². The summed E-state index contributed by atoms with van der Waals surface area (Å²) in [7, 11) is 0. The van der Waals surface area contributed by atoms with Crippen LogP contribution in [0.4, 0.5) is 0 Å². The van der Waals surface area contributed by atoms with Crippen LogP contribution in [0.15, 0.2) is 48.5 Å². The highest BCUT2D eigenvalue weighted by Crippen LogP contribution is 2.11. The van der Waals surface area contributed by atoms with Gasteiger partial charge >= 0.3 is 0 Å². The van der Waals surface area contributed by atoms with Crippen molar-refractivity contribution in [2.24, 2.45) is 0 Å². The fraction of sp³-hybridized carbons (Fsp3) is 0.118. The number of aliphatic hydroxyl groups is 1. The predicted molar refractivity (Wildman–Crippen MR) is 83.0 cm³/mol. The summed E-state index contributed by atoms with van der Waals surface area (Å²) in [5, 5.41) is 12.0. The second-order valence-corrected chi connectivity index (χ2v) is 4.79. The Balaban J connectivity index is 1.95. The van der Waals surface area contributed by atoms with Gasteiger partial charge in [0, 0.05) is 22.7 Å². The van der Waals surface area contributed by atoms with Crippen molar-refractivity contribution in [2.45, 2.75) is 6.54 Å². The van der Waals surface area contributed by atoms with Gasteiger partial charge in [0.2, 0.25) is 0 Å². The van der Waals surface area contributed by atoms with Crippen LogP contribution in [-0.4, -0.2) is 17.6 Å².